The van der Waals surface area contributed by atoms with E-state index >= 15 is 0 Å². The molecule has 1 amide bonds. The largest absolute Gasteiger partial charge is 0.341 e. The second kappa shape index (κ2) is 9.27. The van der Waals surface area contributed by atoms with Crippen molar-refractivity contribution in [3.05, 3.63) is 29.8 Å². The Hall–Kier alpha value is -1.01. The zero-order valence-corrected chi connectivity index (χ0v) is 17.9. The first-order valence-corrected chi connectivity index (χ1v) is 12.0. The third kappa shape index (κ3) is 6.31. The number of nitrogens with zero attached hydrogens (tertiary/aromatic N) is 1. The lowest BCUT2D eigenvalue weighted by molar-refractivity contribution is -0.131. The van der Waals surface area contributed by atoms with Crippen LogP contribution in [0.2, 0.25) is 0 Å². The lowest BCUT2D eigenvalue weighted by Gasteiger charge is -2.33. The highest BCUT2D eigenvalue weighted by molar-refractivity contribution is 7.99. The molecule has 4 nitrogen and oxygen atoms in total. The Morgan fingerprint density at radius 2 is 1.85 bits per heavy atom. The van der Waals surface area contributed by atoms with E-state index < -0.39 is 15.1 Å². The zero-order valence-electron chi connectivity index (χ0n) is 16.3. The van der Waals surface area contributed by atoms with Crippen molar-refractivity contribution >= 4 is 27.5 Å². The topological polar surface area (TPSA) is 54.5 Å². The number of amides is 1. The summed E-state index contributed by atoms with van der Waals surface area (Å²) in [5.41, 5.74) is 0.982. The van der Waals surface area contributed by atoms with Crippen molar-refractivity contribution in [1.82, 2.24) is 4.90 Å². The van der Waals surface area contributed by atoms with Gasteiger partial charge in [-0.25, -0.2) is 8.42 Å². The van der Waals surface area contributed by atoms with Crippen molar-refractivity contribution in [3.63, 3.8) is 0 Å². The monoisotopic (exact) mass is 397 g/mol. The lowest BCUT2D eigenvalue weighted by Crippen LogP contribution is -2.46. The average Bonchev–Trinajstić information content (AvgIpc) is 2.55. The van der Waals surface area contributed by atoms with Crippen molar-refractivity contribution in [2.75, 3.05) is 18.8 Å². The van der Waals surface area contributed by atoms with Crippen LogP contribution in [-0.2, 0) is 21.1 Å². The van der Waals surface area contributed by atoms with Crippen LogP contribution in [0.1, 0.15) is 46.1 Å². The van der Waals surface area contributed by atoms with E-state index in [2.05, 4.69) is 26.0 Å². The Bertz CT molecular complexity index is 696. The fraction of sp³-hybridized carbons (Fsp3) is 0.650. The molecule has 26 heavy (non-hydrogen) atoms. The van der Waals surface area contributed by atoms with Gasteiger partial charge in [-0.1, -0.05) is 39.8 Å². The normalized spacial score (nSPS) is 18.5. The lowest BCUT2D eigenvalue weighted by atomic mass is 10.1. The number of hydrogen-bond donors (Lipinski definition) is 0. The first kappa shape index (κ1) is 21.3. The summed E-state index contributed by atoms with van der Waals surface area (Å²) in [7, 11) is -3.14. The maximum absolute atomic E-state index is 12.7. The number of piperidine rings is 1. The molecule has 0 unspecified atom stereocenters. The minimum absolute atomic E-state index is 0.0266. The maximum atomic E-state index is 12.7. The molecular formula is C20H31NO3S2. The van der Waals surface area contributed by atoms with Gasteiger partial charge in [0.25, 0.3) is 0 Å². The van der Waals surface area contributed by atoms with Crippen LogP contribution in [0.5, 0.6) is 0 Å². The van der Waals surface area contributed by atoms with Crippen LogP contribution < -0.4 is 0 Å². The fourth-order valence-electron chi connectivity index (χ4n) is 3.30. The van der Waals surface area contributed by atoms with E-state index in [0.29, 0.717) is 31.2 Å². The van der Waals surface area contributed by atoms with Crippen LogP contribution in [0, 0.1) is 5.92 Å². The van der Waals surface area contributed by atoms with E-state index in [1.165, 1.54) is 4.90 Å². The molecule has 0 radical (unpaired) electrons. The summed E-state index contributed by atoms with van der Waals surface area (Å²) in [4.78, 5) is 15.6. The van der Waals surface area contributed by atoms with E-state index in [9.17, 15) is 13.2 Å². The molecule has 2 rings (SSSR count). The standard InChI is InChI=1S/C20H31NO3S2/c1-15(2)14-26(23,24)19-6-5-11-21(13-19)20(22)12-17-7-9-18(10-8-17)25-16(3)4/h7-10,15-16,19H,5-6,11-14H2,1-4H3/t19-/m0/s1. The Kier molecular flexibility index (Phi) is 7.59. The first-order chi connectivity index (χ1) is 12.2. The number of sulfone groups is 1. The smallest absolute Gasteiger partial charge is 0.227 e. The van der Waals surface area contributed by atoms with Crippen LogP contribution in [0.3, 0.4) is 0 Å². The Labute approximate surface area is 162 Å². The fourth-order valence-corrected chi connectivity index (χ4v) is 6.27. The Morgan fingerprint density at radius 3 is 2.42 bits per heavy atom. The van der Waals surface area contributed by atoms with Gasteiger partial charge in [0.05, 0.1) is 17.4 Å². The van der Waals surface area contributed by atoms with Crippen molar-refractivity contribution in [2.24, 2.45) is 5.92 Å². The third-order valence-corrected chi connectivity index (χ3v) is 8.00. The predicted molar refractivity (Wildman–Crippen MR) is 109 cm³/mol. The van der Waals surface area contributed by atoms with E-state index in [0.717, 1.165) is 12.0 Å². The maximum Gasteiger partial charge on any atom is 0.227 e. The summed E-state index contributed by atoms with van der Waals surface area (Å²) in [6.07, 6.45) is 1.77. The highest BCUT2D eigenvalue weighted by atomic mass is 32.2. The molecule has 1 aromatic rings. The van der Waals surface area contributed by atoms with Gasteiger partial charge in [-0.05, 0) is 36.5 Å². The molecule has 0 bridgehead atoms. The molecule has 0 aliphatic carbocycles. The number of thioether (sulfide) groups is 1. The number of hydrogen-bond acceptors (Lipinski definition) is 4. The molecule has 1 aromatic carbocycles. The third-order valence-electron chi connectivity index (χ3n) is 4.45. The second-order valence-electron chi connectivity index (χ2n) is 7.81. The molecule has 0 spiro atoms. The van der Waals surface area contributed by atoms with Crippen molar-refractivity contribution in [1.29, 1.82) is 0 Å². The van der Waals surface area contributed by atoms with Crippen LogP contribution in [0.15, 0.2) is 29.2 Å². The number of carbonyl (C=O) groups is 1. The van der Waals surface area contributed by atoms with Gasteiger partial charge in [0.15, 0.2) is 9.84 Å². The molecule has 1 atom stereocenters. The highest BCUT2D eigenvalue weighted by Crippen LogP contribution is 2.24. The molecule has 1 saturated heterocycles. The molecule has 1 fully saturated rings. The summed E-state index contributed by atoms with van der Waals surface area (Å²) in [6.45, 7) is 9.16. The number of carbonyl (C=O) groups excluding carboxylic acids is 1. The molecule has 0 saturated carbocycles. The van der Waals surface area contributed by atoms with Crippen LogP contribution in [0.4, 0.5) is 0 Å². The van der Waals surface area contributed by atoms with E-state index in [1.54, 1.807) is 16.7 Å². The zero-order chi connectivity index (χ0) is 19.3. The van der Waals surface area contributed by atoms with Crippen molar-refractivity contribution < 1.29 is 13.2 Å². The molecule has 1 aliphatic rings. The highest BCUT2D eigenvalue weighted by Gasteiger charge is 2.32. The van der Waals surface area contributed by atoms with Gasteiger partial charge in [-0.2, -0.15) is 0 Å². The molecule has 1 heterocycles. The van der Waals surface area contributed by atoms with Crippen LogP contribution >= 0.6 is 11.8 Å². The second-order valence-corrected chi connectivity index (χ2v) is 11.8. The molecular weight excluding hydrogens is 366 g/mol. The van der Waals surface area contributed by atoms with E-state index in [4.69, 9.17) is 0 Å². The predicted octanol–water partition coefficient (Wildman–Crippen LogP) is 3.79. The Balaban J connectivity index is 1.96. The SMILES string of the molecule is CC(C)CS(=O)(=O)[C@H]1CCCN(C(=O)Cc2ccc(SC(C)C)cc2)C1. The minimum atomic E-state index is -3.14. The average molecular weight is 398 g/mol. The van der Waals surface area contributed by atoms with Crippen molar-refractivity contribution in [2.45, 2.75) is 62.4 Å². The van der Waals surface area contributed by atoms with Gasteiger partial charge in [-0.3, -0.25) is 4.79 Å². The van der Waals surface area contributed by atoms with Gasteiger partial charge in [0.1, 0.15) is 0 Å². The van der Waals surface area contributed by atoms with Gasteiger partial charge in [-0.15, -0.1) is 11.8 Å². The van der Waals surface area contributed by atoms with Gasteiger partial charge < -0.3 is 4.90 Å². The summed E-state index contributed by atoms with van der Waals surface area (Å²) in [5.74, 6) is 0.348. The van der Waals surface area contributed by atoms with Gasteiger partial charge >= 0.3 is 0 Å². The summed E-state index contributed by atoms with van der Waals surface area (Å²) in [5, 5.41) is 0.118. The van der Waals surface area contributed by atoms with Crippen molar-refractivity contribution in [3.8, 4) is 0 Å². The number of likely N-dealkylation sites (tertiary alicyclic amines) is 1. The Morgan fingerprint density at radius 1 is 1.19 bits per heavy atom. The minimum Gasteiger partial charge on any atom is -0.341 e. The summed E-state index contributed by atoms with van der Waals surface area (Å²) in [6, 6.07) is 8.11. The van der Waals surface area contributed by atoms with E-state index in [1.807, 2.05) is 26.0 Å². The quantitative estimate of drug-likeness (QED) is 0.657. The van der Waals surface area contributed by atoms with E-state index in [-0.39, 0.29) is 17.6 Å². The van der Waals surface area contributed by atoms with Crippen LogP contribution in [-0.4, -0.2) is 48.6 Å². The molecule has 0 N–H and O–H groups in total. The number of benzene rings is 1. The molecule has 146 valence electrons. The summed E-state index contributed by atoms with van der Waals surface area (Å²) < 4.78 is 25.0. The number of rotatable bonds is 7. The van der Waals surface area contributed by atoms with Crippen LogP contribution in [0.25, 0.3) is 0 Å². The van der Waals surface area contributed by atoms with Gasteiger partial charge in [0.2, 0.25) is 5.91 Å². The van der Waals surface area contributed by atoms with Gasteiger partial charge in [0, 0.05) is 23.2 Å². The summed E-state index contributed by atoms with van der Waals surface area (Å²) >= 11 is 1.80. The molecule has 0 aromatic heterocycles. The molecule has 6 heteroatoms. The molecule has 1 aliphatic heterocycles. The first-order valence-electron chi connectivity index (χ1n) is 9.42.